The van der Waals surface area contributed by atoms with Crippen LogP contribution in [0, 0.1) is 0 Å². The van der Waals surface area contributed by atoms with Crippen LogP contribution in [0.15, 0.2) is 35.3 Å². The van der Waals surface area contributed by atoms with Gasteiger partial charge in [-0.2, -0.15) is 0 Å². The fraction of sp³-hybridized carbons (Fsp3) is 0.333. The second kappa shape index (κ2) is 6.24. The van der Waals surface area contributed by atoms with E-state index in [4.69, 9.17) is 5.73 Å². The third kappa shape index (κ3) is 4.70. The van der Waals surface area contributed by atoms with E-state index in [-0.39, 0.29) is 5.75 Å². The van der Waals surface area contributed by atoms with Gasteiger partial charge in [0.25, 0.3) is 0 Å². The van der Waals surface area contributed by atoms with E-state index in [1.54, 1.807) is 6.08 Å². The summed E-state index contributed by atoms with van der Waals surface area (Å²) in [5.41, 5.74) is 6.18. The number of hydrogen-bond donors (Lipinski definition) is 1. The molecule has 1 aromatic rings. The third-order valence-electron chi connectivity index (χ3n) is 2.28. The number of ether oxygens (including phenoxy) is 1. The second-order valence-electron chi connectivity index (χ2n) is 3.70. The Morgan fingerprint density at radius 3 is 2.67 bits per heavy atom. The van der Waals surface area contributed by atoms with Gasteiger partial charge in [-0.05, 0) is 31.0 Å². The van der Waals surface area contributed by atoms with E-state index in [1.807, 2.05) is 0 Å². The molecule has 0 unspecified atom stereocenters. The van der Waals surface area contributed by atoms with E-state index in [2.05, 4.69) is 27.2 Å². The van der Waals surface area contributed by atoms with Crippen LogP contribution in [-0.4, -0.2) is 6.36 Å². The van der Waals surface area contributed by atoms with Crippen LogP contribution in [0.5, 0.6) is 5.75 Å². The molecule has 0 aliphatic carbocycles. The van der Waals surface area contributed by atoms with Crippen LogP contribution in [0.2, 0.25) is 0 Å². The molecule has 100 valence electrons. The lowest BCUT2D eigenvalue weighted by molar-refractivity contribution is -0.275. The van der Waals surface area contributed by atoms with Crippen molar-refractivity contribution in [3.05, 3.63) is 40.9 Å². The molecule has 0 aliphatic rings. The number of alkyl halides is 3. The van der Waals surface area contributed by atoms with E-state index >= 15 is 0 Å². The van der Waals surface area contributed by atoms with Crippen LogP contribution in [0.3, 0.4) is 0 Å². The highest BCUT2D eigenvalue weighted by molar-refractivity contribution is 9.10. The molecule has 2 nitrogen and oxygen atoms in total. The van der Waals surface area contributed by atoms with E-state index < -0.39 is 12.4 Å². The first-order valence-electron chi connectivity index (χ1n) is 5.25. The molecule has 18 heavy (non-hydrogen) atoms. The van der Waals surface area contributed by atoms with Crippen molar-refractivity contribution in [1.82, 2.24) is 0 Å². The van der Waals surface area contributed by atoms with Crippen molar-refractivity contribution in [2.75, 3.05) is 0 Å². The van der Waals surface area contributed by atoms with Crippen LogP contribution in [0.25, 0.3) is 0 Å². The minimum Gasteiger partial charge on any atom is -0.405 e. The summed E-state index contributed by atoms with van der Waals surface area (Å²) in [5, 5.41) is 0. The average Bonchev–Trinajstić information content (AvgIpc) is 2.26. The summed E-state index contributed by atoms with van der Waals surface area (Å²) in [7, 11) is 0. The summed E-state index contributed by atoms with van der Waals surface area (Å²) in [5.74, 6) is -0.262. The Kier molecular flexibility index (Phi) is 5.22. The second-order valence-corrected chi connectivity index (χ2v) is 4.62. The van der Waals surface area contributed by atoms with Crippen molar-refractivity contribution in [3.63, 3.8) is 0 Å². The van der Waals surface area contributed by atoms with Crippen molar-refractivity contribution in [2.24, 2.45) is 5.73 Å². The number of hydrogen-bond acceptors (Lipinski definition) is 2. The highest BCUT2D eigenvalue weighted by Crippen LogP contribution is 2.33. The molecular formula is C12H13BrF3NO. The highest BCUT2D eigenvalue weighted by Gasteiger charge is 2.32. The van der Waals surface area contributed by atoms with Gasteiger partial charge in [0.1, 0.15) is 5.75 Å². The van der Waals surface area contributed by atoms with Crippen LogP contribution in [0.4, 0.5) is 13.2 Å². The molecule has 0 spiro atoms. The fourth-order valence-corrected chi connectivity index (χ4v) is 1.86. The van der Waals surface area contributed by atoms with E-state index in [1.165, 1.54) is 18.2 Å². The van der Waals surface area contributed by atoms with Gasteiger partial charge in [-0.15, -0.1) is 19.8 Å². The Morgan fingerprint density at radius 1 is 1.44 bits per heavy atom. The maximum Gasteiger partial charge on any atom is 0.573 e. The van der Waals surface area contributed by atoms with Crippen molar-refractivity contribution < 1.29 is 17.9 Å². The minimum atomic E-state index is -4.72. The molecule has 0 bridgehead atoms. The Morgan fingerprint density at radius 2 is 2.11 bits per heavy atom. The normalized spacial score (nSPS) is 13.2. The average molecular weight is 324 g/mol. The lowest BCUT2D eigenvalue weighted by Gasteiger charge is -2.18. The van der Waals surface area contributed by atoms with Crippen molar-refractivity contribution in [3.8, 4) is 5.75 Å². The van der Waals surface area contributed by atoms with Gasteiger partial charge in [-0.3, -0.25) is 0 Å². The van der Waals surface area contributed by atoms with E-state index in [9.17, 15) is 13.2 Å². The van der Waals surface area contributed by atoms with Gasteiger partial charge < -0.3 is 10.5 Å². The van der Waals surface area contributed by atoms with E-state index in [0.29, 0.717) is 22.9 Å². The molecule has 2 N–H and O–H groups in total. The topological polar surface area (TPSA) is 35.2 Å². The minimum absolute atomic E-state index is 0.262. The molecule has 0 aromatic heterocycles. The maximum atomic E-state index is 12.2. The smallest absolute Gasteiger partial charge is 0.405 e. The number of allylic oxidation sites excluding steroid dienone is 1. The van der Waals surface area contributed by atoms with Gasteiger partial charge in [0.2, 0.25) is 0 Å². The molecule has 1 atom stereocenters. The third-order valence-corrected chi connectivity index (χ3v) is 2.77. The zero-order valence-electron chi connectivity index (χ0n) is 9.51. The maximum absolute atomic E-state index is 12.2. The van der Waals surface area contributed by atoms with E-state index in [0.717, 1.165) is 0 Å². The first-order chi connectivity index (χ1) is 8.33. The van der Waals surface area contributed by atoms with Crippen molar-refractivity contribution in [2.45, 2.75) is 25.2 Å². The van der Waals surface area contributed by atoms with Gasteiger partial charge in [0.05, 0.1) is 0 Å². The molecule has 0 heterocycles. The molecule has 0 amide bonds. The standard InChI is InChI=1S/C12H13BrF3NO/c1-2-3-4-10(17)9-7-8(13)5-6-11(9)18-12(14,15)16/h2,5-7,10H,1,3-4,17H2/t10-/m0/s1. The summed E-state index contributed by atoms with van der Waals surface area (Å²) < 4.78 is 41.4. The first-order valence-corrected chi connectivity index (χ1v) is 6.04. The predicted octanol–water partition coefficient (Wildman–Crippen LogP) is 4.31. The molecule has 0 saturated carbocycles. The van der Waals surface area contributed by atoms with Gasteiger partial charge in [-0.1, -0.05) is 22.0 Å². The molecule has 0 aliphatic heterocycles. The Balaban J connectivity index is 2.99. The lowest BCUT2D eigenvalue weighted by Crippen LogP contribution is -2.20. The number of benzene rings is 1. The van der Waals surface area contributed by atoms with Gasteiger partial charge >= 0.3 is 6.36 Å². The Bertz CT molecular complexity index is 420. The summed E-state index contributed by atoms with van der Waals surface area (Å²) in [6, 6.07) is 3.73. The SMILES string of the molecule is C=CCC[C@H](N)c1cc(Br)ccc1OC(F)(F)F. The van der Waals surface area contributed by atoms with Gasteiger partial charge in [-0.25, -0.2) is 0 Å². The zero-order chi connectivity index (χ0) is 13.8. The molecule has 6 heteroatoms. The number of nitrogens with two attached hydrogens (primary N) is 1. The summed E-state index contributed by atoms with van der Waals surface area (Å²) in [6.07, 6.45) is -1.92. The lowest BCUT2D eigenvalue weighted by atomic mass is 10.0. The van der Waals surface area contributed by atoms with Gasteiger partial charge in [0, 0.05) is 16.1 Å². The molecule has 1 aromatic carbocycles. The van der Waals surface area contributed by atoms with Gasteiger partial charge in [0.15, 0.2) is 0 Å². The monoisotopic (exact) mass is 323 g/mol. The van der Waals surface area contributed by atoms with Crippen LogP contribution >= 0.6 is 15.9 Å². The van der Waals surface area contributed by atoms with Crippen LogP contribution in [0.1, 0.15) is 24.4 Å². The quantitative estimate of drug-likeness (QED) is 0.819. The van der Waals surface area contributed by atoms with Crippen LogP contribution in [-0.2, 0) is 0 Å². The summed E-state index contributed by atoms with van der Waals surface area (Å²) in [4.78, 5) is 0. The van der Waals surface area contributed by atoms with Crippen LogP contribution < -0.4 is 10.5 Å². The molecule has 0 fully saturated rings. The van der Waals surface area contributed by atoms with Crippen molar-refractivity contribution in [1.29, 1.82) is 0 Å². The Labute approximate surface area is 112 Å². The number of rotatable bonds is 5. The molecule has 0 radical (unpaired) electrons. The fourth-order valence-electron chi connectivity index (χ4n) is 1.48. The molecule has 1 rings (SSSR count). The summed E-state index contributed by atoms with van der Waals surface area (Å²) in [6.45, 7) is 3.55. The number of halogens is 4. The Hall–Kier alpha value is -1.01. The molecular weight excluding hydrogens is 311 g/mol. The zero-order valence-corrected chi connectivity index (χ0v) is 11.1. The molecule has 0 saturated heterocycles. The van der Waals surface area contributed by atoms with Crippen molar-refractivity contribution >= 4 is 15.9 Å². The predicted molar refractivity (Wildman–Crippen MR) is 67.2 cm³/mol. The summed E-state index contributed by atoms with van der Waals surface area (Å²) >= 11 is 3.20. The highest BCUT2D eigenvalue weighted by atomic mass is 79.9. The first kappa shape index (κ1) is 15.0. The largest absolute Gasteiger partial charge is 0.573 e.